The van der Waals surface area contributed by atoms with Crippen molar-refractivity contribution in [3.8, 4) is 0 Å². The molecule has 0 aliphatic carbocycles. The van der Waals surface area contributed by atoms with Crippen molar-refractivity contribution in [3.05, 3.63) is 11.6 Å². The molecule has 1 atom stereocenters. The molecule has 0 aromatic carbocycles. The molecule has 1 aromatic rings. The fourth-order valence-electron chi connectivity index (χ4n) is 3.35. The van der Waals surface area contributed by atoms with Gasteiger partial charge >= 0.3 is 6.09 Å². The minimum Gasteiger partial charge on any atom is -0.444 e. The third-order valence-electron chi connectivity index (χ3n) is 4.80. The summed E-state index contributed by atoms with van der Waals surface area (Å²) < 4.78 is 7.54. The fraction of sp³-hybridized carbons (Fsp3) is 0.810. The molecular weight excluding hydrogens is 382 g/mol. The van der Waals surface area contributed by atoms with E-state index in [1.165, 1.54) is 6.42 Å². The fourth-order valence-corrected chi connectivity index (χ4v) is 3.35. The lowest BCUT2D eigenvalue weighted by atomic mass is 10.1. The molecule has 0 radical (unpaired) electrons. The minimum absolute atomic E-state index is 0.0579. The maximum absolute atomic E-state index is 12.0. The van der Waals surface area contributed by atoms with Crippen molar-refractivity contribution >= 4 is 12.1 Å². The molecule has 0 bridgehead atoms. The summed E-state index contributed by atoms with van der Waals surface area (Å²) in [6.07, 6.45) is 6.00. The number of alkyl carbamates (subject to hydrolysis) is 1. The predicted molar refractivity (Wildman–Crippen MR) is 118 cm³/mol. The first-order valence-corrected chi connectivity index (χ1v) is 11.2. The number of ether oxygens (including phenoxy) is 1. The largest absolute Gasteiger partial charge is 0.444 e. The van der Waals surface area contributed by atoms with E-state index in [1.54, 1.807) is 0 Å². The molecule has 1 aliphatic rings. The summed E-state index contributed by atoms with van der Waals surface area (Å²) in [5.74, 6) is 2.68. The Labute approximate surface area is 180 Å². The van der Waals surface area contributed by atoms with E-state index < -0.39 is 11.7 Å². The van der Waals surface area contributed by atoms with E-state index in [1.807, 2.05) is 27.7 Å². The Morgan fingerprint density at radius 3 is 2.73 bits per heavy atom. The first kappa shape index (κ1) is 24.0. The standard InChI is InChI=1S/C21H39N7O2/c1-6-8-11-16(14-24-20(29)30-21(3,4)5)25-19(22-7-2)23-15-18-27-26-17-12-9-10-13-28(17)18/h16H,6-15H2,1-5H3,(H,24,29)(H2,22,23,25). The van der Waals surface area contributed by atoms with Crippen LogP contribution in [0.3, 0.4) is 0 Å². The van der Waals surface area contributed by atoms with E-state index in [0.29, 0.717) is 13.1 Å². The van der Waals surface area contributed by atoms with Crippen LogP contribution in [-0.4, -0.2) is 51.5 Å². The van der Waals surface area contributed by atoms with Crippen molar-refractivity contribution in [3.63, 3.8) is 0 Å². The Hall–Kier alpha value is -2.32. The smallest absolute Gasteiger partial charge is 0.407 e. The zero-order valence-electron chi connectivity index (χ0n) is 19.3. The van der Waals surface area contributed by atoms with Crippen LogP contribution in [0.2, 0.25) is 0 Å². The normalized spacial score (nSPS) is 15.3. The lowest BCUT2D eigenvalue weighted by Crippen LogP contribution is -2.49. The molecule has 170 valence electrons. The molecule has 2 heterocycles. The number of carbonyl (C=O) groups excluding carboxylic acids is 1. The maximum atomic E-state index is 12.0. The van der Waals surface area contributed by atoms with Crippen molar-refractivity contribution in [1.82, 2.24) is 30.7 Å². The van der Waals surface area contributed by atoms with Crippen LogP contribution in [0.15, 0.2) is 4.99 Å². The lowest BCUT2D eigenvalue weighted by Gasteiger charge is -2.24. The third kappa shape index (κ3) is 8.20. The lowest BCUT2D eigenvalue weighted by molar-refractivity contribution is 0.0522. The molecule has 2 rings (SSSR count). The quantitative estimate of drug-likeness (QED) is 0.418. The number of hydrogen-bond donors (Lipinski definition) is 3. The first-order chi connectivity index (χ1) is 14.3. The Bertz CT molecular complexity index is 694. The van der Waals surface area contributed by atoms with Crippen molar-refractivity contribution in [2.24, 2.45) is 4.99 Å². The van der Waals surface area contributed by atoms with Crippen molar-refractivity contribution in [2.75, 3.05) is 13.1 Å². The van der Waals surface area contributed by atoms with Crippen LogP contribution in [0.4, 0.5) is 4.79 Å². The summed E-state index contributed by atoms with van der Waals surface area (Å²) >= 11 is 0. The molecule has 9 heteroatoms. The average molecular weight is 422 g/mol. The Kier molecular flexibility index (Phi) is 9.39. The number of guanidine groups is 1. The van der Waals surface area contributed by atoms with Crippen LogP contribution in [-0.2, 0) is 24.2 Å². The van der Waals surface area contributed by atoms with Crippen LogP contribution in [0.1, 0.15) is 78.4 Å². The molecule has 1 aromatic heterocycles. The zero-order valence-corrected chi connectivity index (χ0v) is 19.3. The monoisotopic (exact) mass is 421 g/mol. The number of nitrogens with one attached hydrogen (secondary N) is 3. The van der Waals surface area contributed by atoms with Gasteiger partial charge in [-0.1, -0.05) is 19.8 Å². The number of aromatic nitrogens is 3. The van der Waals surface area contributed by atoms with E-state index in [9.17, 15) is 4.79 Å². The van der Waals surface area contributed by atoms with E-state index in [0.717, 1.165) is 62.8 Å². The highest BCUT2D eigenvalue weighted by molar-refractivity contribution is 5.80. The van der Waals surface area contributed by atoms with Gasteiger partial charge in [-0.2, -0.15) is 0 Å². The number of aliphatic imine (C=N–C) groups is 1. The second kappa shape index (κ2) is 11.8. The van der Waals surface area contributed by atoms with Crippen LogP contribution in [0.25, 0.3) is 0 Å². The summed E-state index contributed by atoms with van der Waals surface area (Å²) in [5, 5.41) is 18.3. The summed E-state index contributed by atoms with van der Waals surface area (Å²) in [6.45, 7) is 12.4. The SMILES string of the molecule is CCCCC(CNC(=O)OC(C)(C)C)NC(=NCc1nnc2n1CCCC2)NCC. The van der Waals surface area contributed by atoms with Gasteiger partial charge in [0, 0.05) is 32.1 Å². The van der Waals surface area contributed by atoms with E-state index in [4.69, 9.17) is 9.73 Å². The van der Waals surface area contributed by atoms with Gasteiger partial charge < -0.3 is 25.3 Å². The van der Waals surface area contributed by atoms with E-state index in [-0.39, 0.29) is 6.04 Å². The van der Waals surface area contributed by atoms with Crippen LogP contribution in [0, 0.1) is 0 Å². The van der Waals surface area contributed by atoms with Crippen molar-refractivity contribution < 1.29 is 9.53 Å². The van der Waals surface area contributed by atoms with Gasteiger partial charge in [0.15, 0.2) is 11.8 Å². The van der Waals surface area contributed by atoms with Gasteiger partial charge in [0.25, 0.3) is 0 Å². The molecule has 1 unspecified atom stereocenters. The maximum Gasteiger partial charge on any atom is 0.407 e. The van der Waals surface area contributed by atoms with Crippen LogP contribution < -0.4 is 16.0 Å². The number of unbranched alkanes of at least 4 members (excludes halogenated alkanes) is 1. The number of hydrogen-bond acceptors (Lipinski definition) is 5. The predicted octanol–water partition coefficient (Wildman–Crippen LogP) is 2.75. The van der Waals surface area contributed by atoms with Crippen LogP contribution in [0.5, 0.6) is 0 Å². The van der Waals surface area contributed by atoms with Gasteiger partial charge in [0.2, 0.25) is 0 Å². The van der Waals surface area contributed by atoms with Crippen molar-refractivity contribution in [2.45, 2.75) is 97.9 Å². The molecule has 0 saturated heterocycles. The highest BCUT2D eigenvalue weighted by atomic mass is 16.6. The summed E-state index contributed by atoms with van der Waals surface area (Å²) in [4.78, 5) is 16.8. The molecule has 30 heavy (non-hydrogen) atoms. The van der Waals surface area contributed by atoms with Gasteiger partial charge in [-0.05, 0) is 47.0 Å². The average Bonchev–Trinajstić information content (AvgIpc) is 3.10. The van der Waals surface area contributed by atoms with Crippen molar-refractivity contribution in [1.29, 1.82) is 0 Å². The first-order valence-electron chi connectivity index (χ1n) is 11.2. The number of carbonyl (C=O) groups is 1. The number of amides is 1. The molecule has 1 amide bonds. The molecule has 0 spiro atoms. The summed E-state index contributed by atoms with van der Waals surface area (Å²) in [7, 11) is 0. The Morgan fingerprint density at radius 2 is 2.03 bits per heavy atom. The number of fused-ring (bicyclic) bond motifs is 1. The molecule has 1 aliphatic heterocycles. The second-order valence-corrected chi connectivity index (χ2v) is 8.70. The van der Waals surface area contributed by atoms with E-state index >= 15 is 0 Å². The minimum atomic E-state index is -0.510. The number of nitrogens with zero attached hydrogens (tertiary/aromatic N) is 4. The van der Waals surface area contributed by atoms with Gasteiger partial charge in [-0.15, -0.1) is 10.2 Å². The van der Waals surface area contributed by atoms with Crippen LogP contribution >= 0.6 is 0 Å². The Balaban J connectivity index is 1.99. The highest BCUT2D eigenvalue weighted by Gasteiger charge is 2.19. The molecule has 0 fully saturated rings. The van der Waals surface area contributed by atoms with Gasteiger partial charge in [-0.25, -0.2) is 9.79 Å². The number of rotatable bonds is 9. The van der Waals surface area contributed by atoms with Gasteiger partial charge in [0.1, 0.15) is 18.0 Å². The van der Waals surface area contributed by atoms with Gasteiger partial charge in [0.05, 0.1) is 0 Å². The zero-order chi connectivity index (χ0) is 22.0. The summed E-state index contributed by atoms with van der Waals surface area (Å²) in [5.41, 5.74) is -0.510. The third-order valence-corrected chi connectivity index (χ3v) is 4.80. The molecular formula is C21H39N7O2. The molecule has 9 nitrogen and oxygen atoms in total. The van der Waals surface area contributed by atoms with Gasteiger partial charge in [-0.3, -0.25) is 0 Å². The molecule has 3 N–H and O–H groups in total. The molecule has 0 saturated carbocycles. The second-order valence-electron chi connectivity index (χ2n) is 8.70. The highest BCUT2D eigenvalue weighted by Crippen LogP contribution is 2.14. The van der Waals surface area contributed by atoms with E-state index in [2.05, 4.69) is 37.6 Å². The Morgan fingerprint density at radius 1 is 1.23 bits per heavy atom. The number of aryl methyl sites for hydroxylation is 1. The summed E-state index contributed by atoms with van der Waals surface area (Å²) in [6, 6.07) is 0.0579. The topological polar surface area (TPSA) is 105 Å².